The van der Waals surface area contributed by atoms with Gasteiger partial charge in [-0.2, -0.15) is 0 Å². The summed E-state index contributed by atoms with van der Waals surface area (Å²) < 4.78 is 22.1. The molecule has 0 aromatic heterocycles. The van der Waals surface area contributed by atoms with E-state index in [1.165, 1.54) is 6.07 Å². The lowest BCUT2D eigenvalue weighted by atomic mass is 10.2. The molecule has 0 saturated heterocycles. The Balaban J connectivity index is 3.18. The topological polar surface area (TPSA) is 26.0 Å². The first kappa shape index (κ1) is 3.62. The Bertz CT molecular complexity index is 275. The highest BCUT2D eigenvalue weighted by Gasteiger charge is 1.89. The number of hydrogen-bond acceptors (Lipinski definition) is 1. The van der Waals surface area contributed by atoms with E-state index in [9.17, 15) is 0 Å². The minimum atomic E-state index is -2.09. The third-order valence-corrected chi connectivity index (χ3v) is 1.38. The molecule has 0 aliphatic heterocycles. The van der Waals surface area contributed by atoms with E-state index in [4.69, 9.17) is 9.85 Å². The lowest BCUT2D eigenvalue weighted by Crippen LogP contribution is -1.84. The normalized spacial score (nSPS) is 15.9. The van der Waals surface area contributed by atoms with Crippen LogP contribution < -0.4 is 5.73 Å². The van der Waals surface area contributed by atoms with Crippen LogP contribution in [0.4, 0.5) is 5.69 Å². The number of halogens is 1. The number of nitrogens with two attached hydrogens (primary N) is 1. The van der Waals surface area contributed by atoms with Gasteiger partial charge in [0.2, 0.25) is 0 Å². The van der Waals surface area contributed by atoms with Crippen LogP contribution in [-0.2, 0) is 0 Å². The molecule has 1 nitrogen and oxygen atoms in total. The number of anilines is 1. The van der Waals surface area contributed by atoms with Crippen LogP contribution in [0, 0.1) is 6.85 Å². The van der Waals surface area contributed by atoms with Crippen molar-refractivity contribution >= 4 is 21.6 Å². The standard InChI is InChI=1S/C7H8BrN/c1-5-2-6(8)4-7(9)3-5/h2-4H,9H2,1H3/i1D3. The molecule has 1 rings (SSSR count). The van der Waals surface area contributed by atoms with Gasteiger partial charge in [-0.3, -0.25) is 0 Å². The zero-order chi connectivity index (χ0) is 9.35. The Morgan fingerprint density at radius 2 is 2.33 bits per heavy atom. The van der Waals surface area contributed by atoms with E-state index in [1.54, 1.807) is 12.1 Å². The minimum absolute atomic E-state index is 0.259. The molecule has 0 atom stereocenters. The van der Waals surface area contributed by atoms with Crippen molar-refractivity contribution in [3.8, 4) is 0 Å². The molecule has 0 radical (unpaired) electrons. The summed E-state index contributed by atoms with van der Waals surface area (Å²) in [5.74, 6) is 0. The first-order chi connectivity index (χ1) is 5.39. The number of rotatable bonds is 0. The van der Waals surface area contributed by atoms with Gasteiger partial charge in [-0.05, 0) is 30.6 Å². The smallest absolute Gasteiger partial charge is 0.0327 e. The fourth-order valence-corrected chi connectivity index (χ4v) is 1.12. The van der Waals surface area contributed by atoms with Crippen molar-refractivity contribution in [2.24, 2.45) is 0 Å². The van der Waals surface area contributed by atoms with Crippen LogP contribution in [0.3, 0.4) is 0 Å². The van der Waals surface area contributed by atoms with E-state index < -0.39 is 6.85 Å². The highest BCUT2D eigenvalue weighted by molar-refractivity contribution is 9.10. The zero-order valence-electron chi connectivity index (χ0n) is 7.69. The van der Waals surface area contributed by atoms with Crippen LogP contribution >= 0.6 is 15.9 Å². The van der Waals surface area contributed by atoms with Crippen LogP contribution in [0.15, 0.2) is 22.7 Å². The fourth-order valence-electron chi connectivity index (χ4n) is 0.612. The molecule has 0 unspecified atom stereocenters. The Kier molecular flexibility index (Phi) is 0.962. The van der Waals surface area contributed by atoms with Crippen LogP contribution in [-0.4, -0.2) is 0 Å². The van der Waals surface area contributed by atoms with Crippen molar-refractivity contribution in [3.05, 3.63) is 28.2 Å². The van der Waals surface area contributed by atoms with E-state index in [-0.39, 0.29) is 5.56 Å². The molecule has 1 aromatic carbocycles. The summed E-state index contributed by atoms with van der Waals surface area (Å²) in [5.41, 5.74) is 6.19. The second kappa shape index (κ2) is 2.40. The summed E-state index contributed by atoms with van der Waals surface area (Å²) in [4.78, 5) is 0. The first-order valence-electron chi connectivity index (χ1n) is 3.96. The van der Waals surface area contributed by atoms with Crippen LogP contribution in [0.2, 0.25) is 0 Å². The fraction of sp³-hybridized carbons (Fsp3) is 0.143. The first-order valence-corrected chi connectivity index (χ1v) is 3.25. The van der Waals surface area contributed by atoms with Gasteiger partial charge >= 0.3 is 0 Å². The van der Waals surface area contributed by atoms with Crippen molar-refractivity contribution in [1.29, 1.82) is 0 Å². The number of nitrogen functional groups attached to an aromatic ring is 1. The van der Waals surface area contributed by atoms with Crippen LogP contribution in [0.25, 0.3) is 0 Å². The quantitative estimate of drug-likeness (QED) is 0.622. The predicted molar refractivity (Wildman–Crippen MR) is 43.3 cm³/mol. The van der Waals surface area contributed by atoms with Crippen molar-refractivity contribution < 1.29 is 4.11 Å². The average Bonchev–Trinajstić information content (AvgIpc) is 1.82. The largest absolute Gasteiger partial charge is 0.399 e. The molecule has 9 heavy (non-hydrogen) atoms. The second-order valence-electron chi connectivity index (χ2n) is 1.77. The maximum atomic E-state index is 7.12. The van der Waals surface area contributed by atoms with Gasteiger partial charge in [0.05, 0.1) is 0 Å². The van der Waals surface area contributed by atoms with Gasteiger partial charge in [-0.15, -0.1) is 0 Å². The Labute approximate surface area is 67.2 Å². The Morgan fingerprint density at radius 1 is 1.56 bits per heavy atom. The molecule has 2 heteroatoms. The highest BCUT2D eigenvalue weighted by Crippen LogP contribution is 2.15. The lowest BCUT2D eigenvalue weighted by molar-refractivity contribution is 1.45. The van der Waals surface area contributed by atoms with Gasteiger partial charge in [0.15, 0.2) is 0 Å². The van der Waals surface area contributed by atoms with Gasteiger partial charge in [-0.1, -0.05) is 15.9 Å². The zero-order valence-corrected chi connectivity index (χ0v) is 6.27. The molecular formula is C7H8BrN. The molecule has 0 spiro atoms. The van der Waals surface area contributed by atoms with E-state index in [0.717, 1.165) is 0 Å². The summed E-state index contributed by atoms with van der Waals surface area (Å²) >= 11 is 3.18. The number of benzene rings is 1. The molecule has 0 aliphatic rings. The molecule has 0 bridgehead atoms. The average molecular weight is 189 g/mol. The monoisotopic (exact) mass is 188 g/mol. The highest BCUT2D eigenvalue weighted by atomic mass is 79.9. The SMILES string of the molecule is [2H]C([2H])([2H])c1cc(N)cc(Br)c1. The van der Waals surface area contributed by atoms with Gasteiger partial charge in [0, 0.05) is 14.3 Å². The maximum Gasteiger partial charge on any atom is 0.0327 e. The van der Waals surface area contributed by atoms with Crippen molar-refractivity contribution in [2.45, 2.75) is 6.85 Å². The molecule has 0 saturated carbocycles. The van der Waals surface area contributed by atoms with E-state index >= 15 is 0 Å². The second-order valence-corrected chi connectivity index (χ2v) is 2.69. The predicted octanol–water partition coefficient (Wildman–Crippen LogP) is 2.34. The van der Waals surface area contributed by atoms with Crippen LogP contribution in [0.5, 0.6) is 0 Å². The number of hydrogen-bond donors (Lipinski definition) is 1. The lowest BCUT2D eigenvalue weighted by Gasteiger charge is -1.95. The Morgan fingerprint density at radius 3 is 2.89 bits per heavy atom. The van der Waals surface area contributed by atoms with E-state index in [2.05, 4.69) is 15.9 Å². The van der Waals surface area contributed by atoms with Crippen molar-refractivity contribution in [3.63, 3.8) is 0 Å². The van der Waals surface area contributed by atoms with Gasteiger partial charge in [0.25, 0.3) is 0 Å². The number of aryl methyl sites for hydroxylation is 1. The third kappa shape index (κ3) is 1.72. The molecule has 0 fully saturated rings. The summed E-state index contributed by atoms with van der Waals surface area (Å²) in [7, 11) is 0. The molecule has 48 valence electrons. The van der Waals surface area contributed by atoms with Gasteiger partial charge in [0.1, 0.15) is 0 Å². The molecule has 0 amide bonds. The minimum Gasteiger partial charge on any atom is -0.399 e. The van der Waals surface area contributed by atoms with Crippen molar-refractivity contribution in [2.75, 3.05) is 5.73 Å². The third-order valence-electron chi connectivity index (χ3n) is 0.920. The maximum absolute atomic E-state index is 7.12. The van der Waals surface area contributed by atoms with Crippen LogP contribution in [0.1, 0.15) is 9.68 Å². The Hall–Kier alpha value is -0.500. The molecule has 0 aliphatic carbocycles. The van der Waals surface area contributed by atoms with Gasteiger partial charge < -0.3 is 5.73 Å². The summed E-state index contributed by atoms with van der Waals surface area (Å²) in [6.07, 6.45) is 0. The van der Waals surface area contributed by atoms with Crippen molar-refractivity contribution in [1.82, 2.24) is 0 Å². The van der Waals surface area contributed by atoms with E-state index in [1.807, 2.05) is 0 Å². The molecule has 1 aromatic rings. The molecule has 0 heterocycles. The van der Waals surface area contributed by atoms with Gasteiger partial charge in [-0.25, -0.2) is 0 Å². The van der Waals surface area contributed by atoms with E-state index in [0.29, 0.717) is 10.2 Å². The molecular weight excluding hydrogens is 178 g/mol. The summed E-state index contributed by atoms with van der Waals surface area (Å²) in [6, 6.07) is 4.66. The summed E-state index contributed by atoms with van der Waals surface area (Å²) in [6.45, 7) is -2.09. The molecule has 2 N–H and O–H groups in total. The summed E-state index contributed by atoms with van der Waals surface area (Å²) in [5, 5.41) is 0.